The van der Waals surface area contributed by atoms with Gasteiger partial charge < -0.3 is 29.7 Å². The van der Waals surface area contributed by atoms with Gasteiger partial charge >= 0.3 is 5.97 Å². The minimum absolute atomic E-state index is 0.0968. The Kier molecular flexibility index (Phi) is 11.9. The van der Waals surface area contributed by atoms with E-state index in [1.54, 1.807) is 17.1 Å². The number of likely N-dealkylation sites (tertiary alicyclic amines) is 1. The molecule has 3 amide bonds. The molecule has 2 bridgehead atoms. The summed E-state index contributed by atoms with van der Waals surface area (Å²) in [5.74, 6) is -3.48. The van der Waals surface area contributed by atoms with Crippen LogP contribution in [-0.2, 0) is 28.7 Å². The number of nitrogens with one attached hydrogen (secondary N) is 1. The maximum atomic E-state index is 15.2. The van der Waals surface area contributed by atoms with E-state index in [1.807, 2.05) is 86.6 Å². The van der Waals surface area contributed by atoms with E-state index in [1.165, 1.54) is 4.90 Å². The number of alkyl halides is 1. The van der Waals surface area contributed by atoms with Gasteiger partial charge in [0.05, 0.1) is 36.6 Å². The first-order valence-electron chi connectivity index (χ1n) is 18.3. The number of aliphatic hydroxyl groups excluding tert-OH is 1. The van der Waals surface area contributed by atoms with Gasteiger partial charge in [-0.2, -0.15) is 0 Å². The van der Waals surface area contributed by atoms with E-state index in [9.17, 15) is 19.5 Å². The van der Waals surface area contributed by atoms with Gasteiger partial charge in [-0.25, -0.2) is 0 Å². The first kappa shape index (κ1) is 38.4. The molecule has 1 unspecified atom stereocenters. The smallest absolute Gasteiger partial charge is 0.306 e. The Balaban J connectivity index is 1.38. The minimum Gasteiger partial charge on any atom is -0.463 e. The fourth-order valence-corrected chi connectivity index (χ4v) is 9.39. The Hall–Kier alpha value is -4.32. The number of esters is 1. The molecular formula is C42H48BrN3O7. The monoisotopic (exact) mass is 785 g/mol. The normalized spacial score (nSPS) is 25.6. The number of benzene rings is 3. The number of hydrogen-bond donors (Lipinski definition) is 2. The Labute approximate surface area is 319 Å². The molecule has 3 heterocycles. The van der Waals surface area contributed by atoms with Gasteiger partial charge in [-0.05, 0) is 53.6 Å². The number of halogens is 1. The van der Waals surface area contributed by atoms with E-state index in [-0.39, 0.29) is 42.8 Å². The van der Waals surface area contributed by atoms with Gasteiger partial charge in [-0.15, -0.1) is 13.2 Å². The van der Waals surface area contributed by atoms with Crippen molar-refractivity contribution in [3.8, 4) is 0 Å². The van der Waals surface area contributed by atoms with Crippen molar-refractivity contribution in [1.29, 1.82) is 0 Å². The summed E-state index contributed by atoms with van der Waals surface area (Å²) in [6, 6.07) is 20.3. The van der Waals surface area contributed by atoms with Crippen molar-refractivity contribution in [2.45, 2.75) is 74.2 Å². The number of aliphatic hydroxyl groups is 1. The number of nitrogens with zero attached hydrogens (tertiary/aromatic N) is 2. The van der Waals surface area contributed by atoms with Gasteiger partial charge in [0.15, 0.2) is 0 Å². The number of carbonyl (C=O) groups excluding carboxylic acids is 4. The molecule has 53 heavy (non-hydrogen) atoms. The second kappa shape index (κ2) is 16.4. The van der Waals surface area contributed by atoms with Crippen LogP contribution in [-0.4, -0.2) is 82.1 Å². The van der Waals surface area contributed by atoms with E-state index in [2.05, 4.69) is 34.4 Å². The summed E-state index contributed by atoms with van der Waals surface area (Å²) in [5, 5.41) is 15.8. The molecule has 6 rings (SSSR count). The summed E-state index contributed by atoms with van der Waals surface area (Å²) in [4.78, 5) is 59.9. The first-order valence-corrected chi connectivity index (χ1v) is 19.2. The zero-order valence-corrected chi connectivity index (χ0v) is 31.8. The Morgan fingerprint density at radius 3 is 2.47 bits per heavy atom. The van der Waals surface area contributed by atoms with Crippen LogP contribution in [0.25, 0.3) is 10.8 Å². The topological polar surface area (TPSA) is 125 Å². The maximum Gasteiger partial charge on any atom is 0.306 e. The number of hydrogen-bond acceptors (Lipinski definition) is 7. The highest BCUT2D eigenvalue weighted by Gasteiger charge is 2.77. The van der Waals surface area contributed by atoms with Crippen LogP contribution in [0, 0.1) is 17.8 Å². The van der Waals surface area contributed by atoms with E-state index in [0.717, 1.165) is 16.3 Å². The van der Waals surface area contributed by atoms with Crippen LogP contribution in [0.4, 0.5) is 5.69 Å². The lowest BCUT2D eigenvalue weighted by molar-refractivity contribution is -0.146. The molecule has 280 valence electrons. The van der Waals surface area contributed by atoms with Gasteiger partial charge in [-0.3, -0.25) is 19.2 Å². The molecule has 1 spiro atoms. The number of anilines is 1. The largest absolute Gasteiger partial charge is 0.463 e. The van der Waals surface area contributed by atoms with Crippen molar-refractivity contribution in [2.24, 2.45) is 17.8 Å². The average molecular weight is 787 g/mol. The number of rotatable bonds is 16. The predicted molar refractivity (Wildman–Crippen MR) is 207 cm³/mol. The molecule has 3 aliphatic heterocycles. The summed E-state index contributed by atoms with van der Waals surface area (Å²) in [6.07, 6.45) is 3.96. The summed E-state index contributed by atoms with van der Waals surface area (Å²) < 4.78 is 12.4. The summed E-state index contributed by atoms with van der Waals surface area (Å²) >= 11 is 3.77. The molecule has 3 saturated heterocycles. The van der Waals surface area contributed by atoms with Crippen molar-refractivity contribution in [3.63, 3.8) is 0 Å². The van der Waals surface area contributed by atoms with E-state index < -0.39 is 59.5 Å². The van der Waals surface area contributed by atoms with Crippen LogP contribution in [0.2, 0.25) is 0 Å². The van der Waals surface area contributed by atoms with E-state index in [4.69, 9.17) is 9.47 Å². The standard InChI is InChI=1S/C42H48BrN3O7/c1-5-7-17-34(48)52-25-33(28-14-9-8-10-15-28)44-39(49)35-36-40(50)46(31(24-47)21-26(3)4)38(42(36)23-32(43)37(35)53-42)41(51)45(20-6-2)30-19-18-27-13-11-12-16-29(27)22-30/h5-6,8-16,18-19,22,26,31-33,35-38,47H,1-2,7,17,20-21,23-25H2,3-4H3,(H,44,49)/t31-,32?,33-,35-,36+,37-,38-,42+/m1/s1. The molecule has 3 aromatic carbocycles. The third-order valence-electron chi connectivity index (χ3n) is 10.7. The third-order valence-corrected chi connectivity index (χ3v) is 11.6. The fraction of sp³-hybridized carbons (Fsp3) is 0.429. The number of ether oxygens (including phenoxy) is 2. The molecule has 0 saturated carbocycles. The van der Waals surface area contributed by atoms with Crippen molar-refractivity contribution in [3.05, 3.63) is 104 Å². The number of amides is 3. The van der Waals surface area contributed by atoms with Crippen molar-refractivity contribution >= 4 is 56.1 Å². The van der Waals surface area contributed by atoms with Crippen LogP contribution in [0.5, 0.6) is 0 Å². The molecule has 10 nitrogen and oxygen atoms in total. The zero-order chi connectivity index (χ0) is 37.9. The number of allylic oxidation sites excluding steroid dienone is 1. The lowest BCUT2D eigenvalue weighted by atomic mass is 9.70. The highest BCUT2D eigenvalue weighted by molar-refractivity contribution is 9.09. The second-order valence-electron chi connectivity index (χ2n) is 14.6. The molecule has 3 fully saturated rings. The van der Waals surface area contributed by atoms with Crippen LogP contribution in [0.1, 0.15) is 51.1 Å². The Bertz CT molecular complexity index is 1850. The molecule has 0 aromatic heterocycles. The van der Waals surface area contributed by atoms with E-state index >= 15 is 4.79 Å². The second-order valence-corrected chi connectivity index (χ2v) is 15.8. The minimum atomic E-state index is -1.35. The quantitative estimate of drug-likeness (QED) is 0.106. The average Bonchev–Trinajstić information content (AvgIpc) is 3.76. The van der Waals surface area contributed by atoms with Gasteiger partial charge in [0.1, 0.15) is 18.2 Å². The van der Waals surface area contributed by atoms with Crippen molar-refractivity contribution < 1.29 is 33.8 Å². The van der Waals surface area contributed by atoms with Gasteiger partial charge in [0.2, 0.25) is 11.8 Å². The SMILES string of the molecule is C=CCCC(=O)OC[C@@H](NC(=O)[C@H]1[C@@H]2O[C@@]3(CC2Br)[C@@H]1C(=O)N([C@@H](CO)CC(C)C)[C@@H]3C(=O)N(CC=C)c1ccc2ccccc2c1)c1ccccc1. The van der Waals surface area contributed by atoms with Gasteiger partial charge in [0, 0.05) is 23.5 Å². The molecular weight excluding hydrogens is 738 g/mol. The Morgan fingerprint density at radius 1 is 1.08 bits per heavy atom. The van der Waals surface area contributed by atoms with Crippen LogP contribution >= 0.6 is 15.9 Å². The molecule has 8 atom stereocenters. The lowest BCUT2D eigenvalue weighted by Gasteiger charge is -2.40. The first-order chi connectivity index (χ1) is 25.5. The highest BCUT2D eigenvalue weighted by atomic mass is 79.9. The Morgan fingerprint density at radius 2 is 1.79 bits per heavy atom. The van der Waals surface area contributed by atoms with Crippen LogP contribution < -0.4 is 10.2 Å². The molecule has 0 aliphatic carbocycles. The predicted octanol–water partition coefficient (Wildman–Crippen LogP) is 5.88. The zero-order valence-electron chi connectivity index (χ0n) is 30.2. The van der Waals surface area contributed by atoms with E-state index in [0.29, 0.717) is 24.9 Å². The molecule has 2 N–H and O–H groups in total. The number of fused-ring (bicyclic) bond motifs is 2. The fourth-order valence-electron chi connectivity index (χ4n) is 8.45. The lowest BCUT2D eigenvalue weighted by Crippen LogP contribution is -2.59. The summed E-state index contributed by atoms with van der Waals surface area (Å²) in [7, 11) is 0. The van der Waals surface area contributed by atoms with Gasteiger partial charge in [-0.1, -0.05) is 103 Å². The molecule has 3 aliphatic rings. The molecule has 3 aromatic rings. The third kappa shape index (κ3) is 7.43. The summed E-state index contributed by atoms with van der Waals surface area (Å²) in [6.45, 7) is 11.3. The van der Waals surface area contributed by atoms with Crippen molar-refractivity contribution in [1.82, 2.24) is 10.2 Å². The van der Waals surface area contributed by atoms with Gasteiger partial charge in [0.25, 0.3) is 5.91 Å². The molecule has 11 heteroatoms. The van der Waals surface area contributed by atoms with Crippen LogP contribution in [0.3, 0.4) is 0 Å². The maximum absolute atomic E-state index is 15.2. The van der Waals surface area contributed by atoms with Crippen molar-refractivity contribution in [2.75, 3.05) is 24.7 Å². The highest BCUT2D eigenvalue weighted by Crippen LogP contribution is 2.61. The summed E-state index contributed by atoms with van der Waals surface area (Å²) in [5.41, 5.74) is 0.0113. The number of carbonyl (C=O) groups is 4. The molecule has 0 radical (unpaired) electrons. The van der Waals surface area contributed by atoms with Crippen LogP contribution in [0.15, 0.2) is 98.1 Å².